The van der Waals surface area contributed by atoms with Gasteiger partial charge in [-0.25, -0.2) is 0 Å². The number of hydrogen-bond acceptors (Lipinski definition) is 3. The molecule has 0 amide bonds. The third-order valence-electron chi connectivity index (χ3n) is 2.55. The zero-order valence-corrected chi connectivity index (χ0v) is 12.7. The summed E-state index contributed by atoms with van der Waals surface area (Å²) in [5, 5.41) is 0.767. The zero-order chi connectivity index (χ0) is 13.2. The molecule has 0 aromatic heterocycles. The number of benzene rings is 1. The number of ether oxygens (including phenoxy) is 3. The Kier molecular flexibility index (Phi) is 7.85. The van der Waals surface area contributed by atoms with Crippen LogP contribution >= 0.6 is 15.9 Å². The second kappa shape index (κ2) is 9.22. The summed E-state index contributed by atoms with van der Waals surface area (Å²) in [6, 6.07) is 5.84. The average Bonchev–Trinajstić information content (AvgIpc) is 2.42. The maximum absolute atomic E-state index is 5.72. The summed E-state index contributed by atoms with van der Waals surface area (Å²) in [4.78, 5) is 0. The van der Waals surface area contributed by atoms with Crippen LogP contribution < -0.4 is 9.47 Å². The van der Waals surface area contributed by atoms with Crippen LogP contribution in [0.25, 0.3) is 0 Å². The lowest BCUT2D eigenvalue weighted by Gasteiger charge is -2.11. The van der Waals surface area contributed by atoms with Crippen LogP contribution in [0.2, 0.25) is 0 Å². The minimum Gasteiger partial charge on any atom is -0.497 e. The van der Waals surface area contributed by atoms with Crippen molar-refractivity contribution in [2.24, 2.45) is 0 Å². The Morgan fingerprint density at radius 1 is 1.17 bits per heavy atom. The Balaban J connectivity index is 2.39. The molecule has 0 spiro atoms. The van der Waals surface area contributed by atoms with Crippen LogP contribution in [0.3, 0.4) is 0 Å². The van der Waals surface area contributed by atoms with Gasteiger partial charge in [0.2, 0.25) is 0 Å². The fraction of sp³-hybridized carbons (Fsp3) is 0.571. The molecule has 0 N–H and O–H groups in total. The van der Waals surface area contributed by atoms with Gasteiger partial charge in [-0.1, -0.05) is 35.3 Å². The Morgan fingerprint density at radius 3 is 2.67 bits per heavy atom. The van der Waals surface area contributed by atoms with Gasteiger partial charge in [-0.15, -0.1) is 0 Å². The van der Waals surface area contributed by atoms with E-state index in [0.29, 0.717) is 13.2 Å². The van der Waals surface area contributed by atoms with E-state index in [1.165, 1.54) is 0 Å². The number of alkyl halides is 1. The summed E-state index contributed by atoms with van der Waals surface area (Å²) >= 11 is 3.45. The van der Waals surface area contributed by atoms with Crippen LogP contribution in [-0.4, -0.2) is 26.9 Å². The van der Waals surface area contributed by atoms with Crippen molar-refractivity contribution in [3.63, 3.8) is 0 Å². The van der Waals surface area contributed by atoms with Gasteiger partial charge in [0.1, 0.15) is 18.1 Å². The molecular weight excluding hydrogens is 296 g/mol. The lowest BCUT2D eigenvalue weighted by molar-refractivity contribution is 0.0977. The molecule has 4 heteroatoms. The van der Waals surface area contributed by atoms with Crippen molar-refractivity contribution in [1.82, 2.24) is 0 Å². The first-order valence-corrected chi connectivity index (χ1v) is 7.37. The van der Waals surface area contributed by atoms with Crippen molar-refractivity contribution in [2.75, 3.05) is 26.9 Å². The number of rotatable bonds is 9. The highest BCUT2D eigenvalue weighted by molar-refractivity contribution is 9.08. The Bertz CT molecular complexity index is 342. The number of methoxy groups -OCH3 is 1. The fourth-order valence-electron chi connectivity index (χ4n) is 1.47. The van der Waals surface area contributed by atoms with E-state index in [1.807, 2.05) is 18.2 Å². The molecule has 0 aliphatic heterocycles. The zero-order valence-electron chi connectivity index (χ0n) is 11.1. The van der Waals surface area contributed by atoms with E-state index in [2.05, 4.69) is 22.9 Å². The highest BCUT2D eigenvalue weighted by Crippen LogP contribution is 2.26. The van der Waals surface area contributed by atoms with Gasteiger partial charge in [0.05, 0.1) is 13.7 Å². The van der Waals surface area contributed by atoms with Gasteiger partial charge in [-0.2, -0.15) is 0 Å². The largest absolute Gasteiger partial charge is 0.497 e. The van der Waals surface area contributed by atoms with Crippen molar-refractivity contribution in [3.05, 3.63) is 23.8 Å². The Hall–Kier alpha value is -0.740. The molecule has 0 heterocycles. The molecule has 102 valence electrons. The first kappa shape index (κ1) is 15.3. The fourth-order valence-corrected chi connectivity index (χ4v) is 1.93. The topological polar surface area (TPSA) is 27.7 Å². The first-order chi connectivity index (χ1) is 8.81. The maximum Gasteiger partial charge on any atom is 0.127 e. The van der Waals surface area contributed by atoms with Crippen LogP contribution in [0.4, 0.5) is 0 Å². The molecule has 0 aliphatic carbocycles. The molecule has 0 unspecified atom stereocenters. The molecule has 0 radical (unpaired) electrons. The van der Waals surface area contributed by atoms with Gasteiger partial charge < -0.3 is 14.2 Å². The molecular formula is C14H21BrO3. The maximum atomic E-state index is 5.72. The van der Waals surface area contributed by atoms with Gasteiger partial charge in [0.25, 0.3) is 0 Å². The molecule has 0 atom stereocenters. The van der Waals surface area contributed by atoms with E-state index in [4.69, 9.17) is 14.2 Å². The van der Waals surface area contributed by atoms with Crippen LogP contribution in [0, 0.1) is 0 Å². The summed E-state index contributed by atoms with van der Waals surface area (Å²) in [5.41, 5.74) is 1.12. The van der Waals surface area contributed by atoms with Crippen molar-refractivity contribution in [3.8, 4) is 11.5 Å². The molecule has 3 nitrogen and oxygen atoms in total. The van der Waals surface area contributed by atoms with Crippen molar-refractivity contribution in [1.29, 1.82) is 0 Å². The van der Waals surface area contributed by atoms with Crippen LogP contribution in [0.15, 0.2) is 18.2 Å². The van der Waals surface area contributed by atoms with E-state index in [0.717, 1.165) is 41.8 Å². The van der Waals surface area contributed by atoms with Gasteiger partial charge >= 0.3 is 0 Å². The molecule has 0 aliphatic rings. The number of unbranched alkanes of at least 4 members (excludes halogenated alkanes) is 1. The third-order valence-corrected chi connectivity index (χ3v) is 3.15. The minimum atomic E-state index is 0.566. The molecule has 0 fully saturated rings. The molecule has 1 aromatic carbocycles. The summed E-state index contributed by atoms with van der Waals surface area (Å²) < 4.78 is 16.4. The van der Waals surface area contributed by atoms with E-state index in [9.17, 15) is 0 Å². The highest BCUT2D eigenvalue weighted by Gasteiger charge is 2.04. The highest BCUT2D eigenvalue weighted by atomic mass is 79.9. The summed E-state index contributed by atoms with van der Waals surface area (Å²) in [6.45, 7) is 4.15. The average molecular weight is 317 g/mol. The van der Waals surface area contributed by atoms with E-state index < -0.39 is 0 Å². The standard InChI is InChI=1S/C14H21BrO3/c1-3-4-7-17-8-9-18-14-10-13(16-2)6-5-12(14)11-15/h5-6,10H,3-4,7-9,11H2,1-2H3. The summed E-state index contributed by atoms with van der Waals surface area (Å²) in [7, 11) is 1.65. The van der Waals surface area contributed by atoms with Crippen molar-refractivity contribution in [2.45, 2.75) is 25.1 Å². The minimum absolute atomic E-state index is 0.566. The Morgan fingerprint density at radius 2 is 2.00 bits per heavy atom. The molecule has 0 bridgehead atoms. The van der Waals surface area contributed by atoms with Gasteiger partial charge in [-0.3, -0.25) is 0 Å². The molecule has 1 rings (SSSR count). The second-order valence-electron chi connectivity index (χ2n) is 3.92. The first-order valence-electron chi connectivity index (χ1n) is 6.25. The predicted molar refractivity (Wildman–Crippen MR) is 76.8 cm³/mol. The van der Waals surface area contributed by atoms with Gasteiger partial charge in [-0.05, 0) is 12.5 Å². The molecule has 0 saturated heterocycles. The third kappa shape index (κ3) is 5.27. The monoisotopic (exact) mass is 316 g/mol. The molecule has 0 saturated carbocycles. The van der Waals surface area contributed by atoms with Gasteiger partial charge in [0, 0.05) is 23.6 Å². The smallest absolute Gasteiger partial charge is 0.127 e. The van der Waals surface area contributed by atoms with Crippen molar-refractivity contribution >= 4 is 15.9 Å². The predicted octanol–water partition coefficient (Wildman–Crippen LogP) is 3.79. The molecule has 18 heavy (non-hydrogen) atoms. The lowest BCUT2D eigenvalue weighted by Crippen LogP contribution is -2.08. The summed E-state index contributed by atoms with van der Waals surface area (Å²) in [6.07, 6.45) is 2.26. The van der Waals surface area contributed by atoms with Crippen LogP contribution in [0.5, 0.6) is 11.5 Å². The number of halogens is 1. The second-order valence-corrected chi connectivity index (χ2v) is 4.48. The van der Waals surface area contributed by atoms with Crippen LogP contribution in [0.1, 0.15) is 25.3 Å². The Labute approximate surface area is 118 Å². The van der Waals surface area contributed by atoms with Gasteiger partial charge in [0.15, 0.2) is 0 Å². The quantitative estimate of drug-likeness (QED) is 0.512. The van der Waals surface area contributed by atoms with E-state index in [1.54, 1.807) is 7.11 Å². The normalized spacial score (nSPS) is 10.4. The number of hydrogen-bond donors (Lipinski definition) is 0. The molecule has 1 aromatic rings. The lowest BCUT2D eigenvalue weighted by atomic mass is 10.2. The SMILES string of the molecule is CCCCOCCOc1cc(OC)ccc1CBr. The van der Waals surface area contributed by atoms with E-state index in [-0.39, 0.29) is 0 Å². The van der Waals surface area contributed by atoms with E-state index >= 15 is 0 Å². The van der Waals surface area contributed by atoms with Crippen LogP contribution in [-0.2, 0) is 10.1 Å². The summed E-state index contributed by atoms with van der Waals surface area (Å²) in [5.74, 6) is 1.66. The van der Waals surface area contributed by atoms with Crippen molar-refractivity contribution < 1.29 is 14.2 Å².